The van der Waals surface area contributed by atoms with Gasteiger partial charge in [-0.15, -0.1) is 0 Å². The summed E-state index contributed by atoms with van der Waals surface area (Å²) >= 11 is 0. The SMILES string of the molecule is COC(=O)c1ccc(CN(C)C(=O)[C@@H]2CCOc3ccccc32)cc1. The smallest absolute Gasteiger partial charge is 0.337 e. The summed E-state index contributed by atoms with van der Waals surface area (Å²) < 4.78 is 10.3. The molecule has 2 aromatic carbocycles. The maximum absolute atomic E-state index is 12.9. The lowest BCUT2D eigenvalue weighted by Gasteiger charge is -2.28. The van der Waals surface area contributed by atoms with Crippen LogP contribution in [0.5, 0.6) is 5.75 Å². The summed E-state index contributed by atoms with van der Waals surface area (Å²) in [6.07, 6.45) is 0.682. The van der Waals surface area contributed by atoms with E-state index < -0.39 is 0 Å². The number of para-hydroxylation sites is 1. The highest BCUT2D eigenvalue weighted by Gasteiger charge is 2.29. The zero-order valence-corrected chi connectivity index (χ0v) is 14.4. The van der Waals surface area contributed by atoms with Gasteiger partial charge in [0, 0.05) is 19.2 Å². The van der Waals surface area contributed by atoms with E-state index in [0.29, 0.717) is 25.1 Å². The predicted octanol–water partition coefficient (Wildman–Crippen LogP) is 3.00. The van der Waals surface area contributed by atoms with Gasteiger partial charge in [-0.05, 0) is 30.2 Å². The van der Waals surface area contributed by atoms with E-state index >= 15 is 0 Å². The van der Waals surface area contributed by atoms with Crippen molar-refractivity contribution in [2.45, 2.75) is 18.9 Å². The highest BCUT2D eigenvalue weighted by molar-refractivity contribution is 5.89. The molecule has 0 fully saturated rings. The van der Waals surface area contributed by atoms with Crippen LogP contribution in [0.2, 0.25) is 0 Å². The Morgan fingerprint density at radius 2 is 1.88 bits per heavy atom. The van der Waals surface area contributed by atoms with Gasteiger partial charge in [-0.1, -0.05) is 30.3 Å². The zero-order chi connectivity index (χ0) is 17.8. The number of hydrogen-bond donors (Lipinski definition) is 0. The van der Waals surface area contributed by atoms with E-state index in [0.717, 1.165) is 16.9 Å². The summed E-state index contributed by atoms with van der Waals surface area (Å²) in [4.78, 5) is 26.1. The first-order valence-corrected chi connectivity index (χ1v) is 8.24. The number of likely N-dealkylation sites (N-methyl/N-ethyl adjacent to an activating group) is 1. The number of carbonyl (C=O) groups is 2. The number of rotatable bonds is 4. The topological polar surface area (TPSA) is 55.8 Å². The third kappa shape index (κ3) is 3.65. The first-order valence-electron chi connectivity index (χ1n) is 8.24. The lowest BCUT2D eigenvalue weighted by atomic mass is 9.92. The molecule has 1 aliphatic heterocycles. The van der Waals surface area contributed by atoms with Crippen LogP contribution in [-0.4, -0.2) is 37.5 Å². The number of carbonyl (C=O) groups excluding carboxylic acids is 2. The molecular formula is C20H21NO4. The number of benzene rings is 2. The highest BCUT2D eigenvalue weighted by atomic mass is 16.5. The van der Waals surface area contributed by atoms with Gasteiger partial charge in [-0.2, -0.15) is 0 Å². The van der Waals surface area contributed by atoms with Crippen molar-refractivity contribution in [2.75, 3.05) is 20.8 Å². The van der Waals surface area contributed by atoms with Crippen molar-refractivity contribution < 1.29 is 19.1 Å². The standard InChI is InChI=1S/C20H21NO4/c1-21(13-14-7-9-15(10-8-14)20(23)24-2)19(22)17-11-12-25-18-6-4-3-5-16(17)18/h3-10,17H,11-13H2,1-2H3/t17-/m1/s1. The zero-order valence-electron chi connectivity index (χ0n) is 14.4. The van der Waals surface area contributed by atoms with Gasteiger partial charge in [0.25, 0.3) is 0 Å². The Hall–Kier alpha value is -2.82. The van der Waals surface area contributed by atoms with Gasteiger partial charge in [0.05, 0.1) is 25.2 Å². The van der Waals surface area contributed by atoms with E-state index in [1.165, 1.54) is 7.11 Å². The molecule has 1 aliphatic rings. The maximum atomic E-state index is 12.9. The molecule has 5 nitrogen and oxygen atoms in total. The van der Waals surface area contributed by atoms with Crippen molar-refractivity contribution in [3.8, 4) is 5.75 Å². The fourth-order valence-corrected chi connectivity index (χ4v) is 3.08. The summed E-state index contributed by atoms with van der Waals surface area (Å²) in [5, 5.41) is 0. The number of esters is 1. The summed E-state index contributed by atoms with van der Waals surface area (Å²) in [5.74, 6) is 0.329. The number of ether oxygens (including phenoxy) is 2. The molecule has 3 rings (SSSR count). The second-order valence-corrected chi connectivity index (χ2v) is 6.11. The van der Waals surface area contributed by atoms with Crippen molar-refractivity contribution in [1.29, 1.82) is 0 Å². The monoisotopic (exact) mass is 339 g/mol. The first kappa shape index (κ1) is 17.0. The average molecular weight is 339 g/mol. The quantitative estimate of drug-likeness (QED) is 0.804. The van der Waals surface area contributed by atoms with Crippen LogP contribution >= 0.6 is 0 Å². The normalized spacial score (nSPS) is 15.7. The summed E-state index contributed by atoms with van der Waals surface area (Å²) in [6.45, 7) is 1.04. The van der Waals surface area contributed by atoms with Crippen LogP contribution in [0.15, 0.2) is 48.5 Å². The second kappa shape index (κ2) is 7.38. The van der Waals surface area contributed by atoms with Gasteiger partial charge < -0.3 is 14.4 Å². The molecule has 1 amide bonds. The first-order chi connectivity index (χ1) is 12.1. The van der Waals surface area contributed by atoms with E-state index in [4.69, 9.17) is 9.47 Å². The summed E-state index contributed by atoms with van der Waals surface area (Å²) in [7, 11) is 3.16. The maximum Gasteiger partial charge on any atom is 0.337 e. The lowest BCUT2D eigenvalue weighted by molar-refractivity contribution is -0.132. The van der Waals surface area contributed by atoms with Gasteiger partial charge in [-0.3, -0.25) is 4.79 Å². The van der Waals surface area contributed by atoms with E-state index in [1.807, 2.05) is 36.4 Å². The Balaban J connectivity index is 1.70. The minimum atomic E-state index is -0.366. The lowest BCUT2D eigenvalue weighted by Crippen LogP contribution is -2.33. The van der Waals surface area contributed by atoms with Crippen molar-refractivity contribution in [3.05, 3.63) is 65.2 Å². The Labute approximate surface area is 147 Å². The number of nitrogens with zero attached hydrogens (tertiary/aromatic N) is 1. The molecule has 2 aromatic rings. The van der Waals surface area contributed by atoms with E-state index in [-0.39, 0.29) is 17.8 Å². The molecule has 130 valence electrons. The molecule has 0 saturated carbocycles. The predicted molar refractivity (Wildman–Crippen MR) is 93.6 cm³/mol. The Morgan fingerprint density at radius 3 is 2.60 bits per heavy atom. The van der Waals surface area contributed by atoms with Crippen LogP contribution in [0.1, 0.15) is 33.8 Å². The van der Waals surface area contributed by atoms with Crippen LogP contribution in [0.4, 0.5) is 0 Å². The Bertz CT molecular complexity index is 770. The summed E-state index contributed by atoms with van der Waals surface area (Å²) in [6, 6.07) is 14.8. The van der Waals surface area contributed by atoms with Gasteiger partial charge in [0.2, 0.25) is 5.91 Å². The van der Waals surface area contributed by atoms with E-state index in [9.17, 15) is 9.59 Å². The van der Waals surface area contributed by atoms with Crippen LogP contribution < -0.4 is 4.74 Å². The second-order valence-electron chi connectivity index (χ2n) is 6.11. The molecule has 0 bridgehead atoms. The Morgan fingerprint density at radius 1 is 1.16 bits per heavy atom. The highest BCUT2D eigenvalue weighted by Crippen LogP contribution is 2.34. The number of fused-ring (bicyclic) bond motifs is 1. The molecule has 25 heavy (non-hydrogen) atoms. The van der Waals surface area contributed by atoms with Crippen LogP contribution in [-0.2, 0) is 16.1 Å². The van der Waals surface area contributed by atoms with Crippen molar-refractivity contribution >= 4 is 11.9 Å². The van der Waals surface area contributed by atoms with Crippen LogP contribution in [0.3, 0.4) is 0 Å². The third-order valence-electron chi connectivity index (χ3n) is 4.43. The molecule has 1 atom stereocenters. The molecule has 0 spiro atoms. The fraction of sp³-hybridized carbons (Fsp3) is 0.300. The molecular weight excluding hydrogens is 318 g/mol. The molecule has 0 unspecified atom stereocenters. The molecule has 0 aromatic heterocycles. The van der Waals surface area contributed by atoms with Crippen molar-refractivity contribution in [2.24, 2.45) is 0 Å². The van der Waals surface area contributed by atoms with Crippen LogP contribution in [0.25, 0.3) is 0 Å². The third-order valence-corrected chi connectivity index (χ3v) is 4.43. The minimum Gasteiger partial charge on any atom is -0.493 e. The number of hydrogen-bond acceptors (Lipinski definition) is 4. The molecule has 5 heteroatoms. The molecule has 0 aliphatic carbocycles. The van der Waals surface area contributed by atoms with Crippen LogP contribution in [0, 0.1) is 0 Å². The fourth-order valence-electron chi connectivity index (χ4n) is 3.08. The summed E-state index contributed by atoms with van der Waals surface area (Å²) in [5.41, 5.74) is 2.41. The van der Waals surface area contributed by atoms with Crippen molar-refractivity contribution in [3.63, 3.8) is 0 Å². The van der Waals surface area contributed by atoms with Gasteiger partial charge in [0.1, 0.15) is 5.75 Å². The van der Waals surface area contributed by atoms with E-state index in [1.54, 1.807) is 24.1 Å². The molecule has 0 N–H and O–H groups in total. The molecule has 0 saturated heterocycles. The Kier molecular flexibility index (Phi) is 5.03. The average Bonchev–Trinajstić information content (AvgIpc) is 2.67. The minimum absolute atomic E-state index is 0.0767. The number of methoxy groups -OCH3 is 1. The molecule has 0 radical (unpaired) electrons. The van der Waals surface area contributed by atoms with Gasteiger partial charge in [-0.25, -0.2) is 4.79 Å². The number of amides is 1. The largest absolute Gasteiger partial charge is 0.493 e. The van der Waals surface area contributed by atoms with E-state index in [2.05, 4.69) is 0 Å². The van der Waals surface area contributed by atoms with Gasteiger partial charge in [0.15, 0.2) is 0 Å². The van der Waals surface area contributed by atoms with Crippen molar-refractivity contribution in [1.82, 2.24) is 4.90 Å². The molecule has 1 heterocycles. The van der Waals surface area contributed by atoms with Gasteiger partial charge >= 0.3 is 5.97 Å².